The van der Waals surface area contributed by atoms with Crippen LogP contribution in [0.25, 0.3) is 0 Å². The highest BCUT2D eigenvalue weighted by atomic mass is 16.8. The quantitative estimate of drug-likeness (QED) is 0.0571. The largest absolute Gasteiger partial charge is 0.479 e. The van der Waals surface area contributed by atoms with E-state index in [-0.39, 0.29) is 0 Å². The number of carboxylic acids is 3. The topological polar surface area (TPSA) is 584 Å². The van der Waals surface area contributed by atoms with Crippen LogP contribution in [-0.2, 0) is 80.9 Å². The van der Waals surface area contributed by atoms with Gasteiger partial charge in [0.2, 0.25) is 17.7 Å². The SMILES string of the molecule is CC(=O)N[C@H]1[C@H](O[C@H]2[C@H](O)[C@@H](O)[C@H](O[C@H]3[C@@H](O)[C@@H](CO)O[C@@H](O[C@H]4[C@H](O)[C@@H](O)[C@H](O[C@H]5[C@@H](O)[C@@H](CO)O[C@@H](O[C@H]6[C@H](O)[C@@H](O)C(O)O[C@@H]6C(=O)O)[C@@H]5NC(C)=O)O[C@@H]4C(=O)O)[C@@H]3NC(C)=O)O[C@@H]2C(=O)O)O[C@H](CO)[C@H](O)[C@@H]1O. The molecule has 6 heterocycles. The van der Waals surface area contributed by atoms with Crippen LogP contribution in [0.3, 0.4) is 0 Å². The molecule has 6 aliphatic heterocycles. The van der Waals surface area contributed by atoms with Crippen LogP contribution in [0.1, 0.15) is 20.8 Å². The molecule has 0 aromatic carbocycles. The molecule has 0 saturated carbocycles. The number of rotatable bonds is 19. The van der Waals surface area contributed by atoms with Crippen LogP contribution >= 0.6 is 0 Å². The fourth-order valence-electron chi connectivity index (χ4n) is 9.63. The van der Waals surface area contributed by atoms with Crippen LogP contribution < -0.4 is 16.0 Å². The maximum Gasteiger partial charge on any atom is 0.335 e. The number of amides is 3. The lowest BCUT2D eigenvalue weighted by atomic mass is 9.93. The summed E-state index contributed by atoms with van der Waals surface area (Å²) in [4.78, 5) is 75.0. The summed E-state index contributed by atoms with van der Waals surface area (Å²) in [7, 11) is 0. The van der Waals surface area contributed by atoms with Crippen molar-refractivity contribution in [2.45, 2.75) is 205 Å². The van der Waals surface area contributed by atoms with Gasteiger partial charge in [-0.3, -0.25) is 14.4 Å². The highest BCUT2D eigenvalue weighted by Crippen LogP contribution is 2.37. The number of ether oxygens (including phenoxy) is 11. The number of aliphatic carboxylic acids is 3. The second-order valence-electron chi connectivity index (χ2n) is 19.1. The number of aliphatic hydroxyl groups excluding tert-OH is 14. The Labute approximate surface area is 443 Å². The van der Waals surface area contributed by atoms with E-state index in [0.717, 1.165) is 20.8 Å². The molecule has 6 aliphatic rings. The van der Waals surface area contributed by atoms with Gasteiger partial charge in [-0.05, 0) is 0 Å². The van der Waals surface area contributed by atoms with Gasteiger partial charge in [0, 0.05) is 20.8 Å². The van der Waals surface area contributed by atoms with Gasteiger partial charge >= 0.3 is 17.9 Å². The number of hydrogen-bond acceptors (Lipinski definition) is 31. The lowest BCUT2D eigenvalue weighted by Crippen LogP contribution is -2.71. The summed E-state index contributed by atoms with van der Waals surface area (Å²) in [6, 6.07) is -5.63. The average molecular weight is 1160 g/mol. The van der Waals surface area contributed by atoms with Crippen molar-refractivity contribution in [2.75, 3.05) is 19.8 Å². The van der Waals surface area contributed by atoms with Crippen molar-refractivity contribution in [3.63, 3.8) is 0 Å². The van der Waals surface area contributed by atoms with E-state index in [1.54, 1.807) is 0 Å². The zero-order valence-electron chi connectivity index (χ0n) is 41.5. The number of carboxylic acid groups (broad SMARTS) is 3. The maximum absolute atomic E-state index is 12.9. The van der Waals surface area contributed by atoms with E-state index in [0.29, 0.717) is 0 Å². The maximum atomic E-state index is 12.9. The Balaban J connectivity index is 1.25. The first-order chi connectivity index (χ1) is 37.1. The van der Waals surface area contributed by atoms with Gasteiger partial charge in [0.15, 0.2) is 56.1 Å². The van der Waals surface area contributed by atoms with E-state index in [2.05, 4.69) is 16.0 Å². The van der Waals surface area contributed by atoms with Gasteiger partial charge in [0.25, 0.3) is 0 Å². The number of hydrogen-bond donors (Lipinski definition) is 20. The molecular weight excluding hydrogens is 1090 g/mol. The Hall–Kier alpha value is -4.18. The Morgan fingerprint density at radius 1 is 0.342 bits per heavy atom. The molecule has 30 atom stereocenters. The van der Waals surface area contributed by atoms with Gasteiger partial charge in [-0.2, -0.15) is 0 Å². The number of carbonyl (C=O) groups is 6. The van der Waals surface area contributed by atoms with Gasteiger partial charge in [0.05, 0.1) is 19.8 Å². The number of nitrogens with one attached hydrogen (secondary N) is 3. The molecule has 0 spiro atoms. The summed E-state index contributed by atoms with van der Waals surface area (Å²) >= 11 is 0. The van der Waals surface area contributed by atoms with Crippen LogP contribution in [0, 0.1) is 0 Å². The summed E-state index contributed by atoms with van der Waals surface area (Å²) in [5, 5.41) is 188. The molecule has 79 heavy (non-hydrogen) atoms. The molecule has 3 amide bonds. The van der Waals surface area contributed by atoms with Crippen molar-refractivity contribution in [3.05, 3.63) is 0 Å². The van der Waals surface area contributed by atoms with E-state index >= 15 is 0 Å². The van der Waals surface area contributed by atoms with Crippen LogP contribution in [-0.4, -0.2) is 326 Å². The first-order valence-electron chi connectivity index (χ1n) is 24.1. The lowest BCUT2D eigenvalue weighted by molar-refractivity contribution is -0.377. The van der Waals surface area contributed by atoms with Crippen molar-refractivity contribution < 1.29 is 168 Å². The highest BCUT2D eigenvalue weighted by molar-refractivity contribution is 5.75. The fraction of sp³-hybridized carbons (Fsp3) is 0.857. The minimum Gasteiger partial charge on any atom is -0.479 e. The number of carbonyl (C=O) groups excluding carboxylic acids is 3. The molecule has 0 aromatic heterocycles. The van der Waals surface area contributed by atoms with Crippen LogP contribution in [0.2, 0.25) is 0 Å². The van der Waals surface area contributed by atoms with E-state index in [9.17, 15) is 116 Å². The Morgan fingerprint density at radius 3 is 0.962 bits per heavy atom. The zero-order chi connectivity index (χ0) is 58.8. The zero-order valence-corrected chi connectivity index (χ0v) is 41.5. The fourth-order valence-corrected chi connectivity index (χ4v) is 9.63. The molecule has 37 heteroatoms. The van der Waals surface area contributed by atoms with Gasteiger partial charge < -0.3 is 155 Å². The predicted octanol–water partition coefficient (Wildman–Crippen LogP) is -13.4. The van der Waals surface area contributed by atoms with E-state index in [4.69, 9.17) is 52.1 Å². The normalized spacial score (nSPS) is 46.6. The van der Waals surface area contributed by atoms with Crippen LogP contribution in [0.5, 0.6) is 0 Å². The first-order valence-corrected chi connectivity index (χ1v) is 24.1. The Bertz CT molecular complexity index is 2120. The van der Waals surface area contributed by atoms with Crippen molar-refractivity contribution >= 4 is 35.6 Å². The Kier molecular flexibility index (Phi) is 21.7. The third kappa shape index (κ3) is 13.8. The standard InChI is InChI=1S/C42H65N3O34/c1-7(49)43-13-19(55)16(52)10(4-46)69-38(13)75-29-21(57)24(60)41(78-32(29)35(64)65)74-27-15(45-9(3)51)40(71-12(6-48)18(27)54)77-30-22(58)25(61)42(79-33(30)36(66)67)73-26-14(44-8(2)50)39(70-11(5-47)17(26)53)76-28-20(56)23(59)37(68)72-31(28)34(62)63/h10-33,37-42,46-48,52-61,68H,4-6H2,1-3H3,(H,43,49)(H,44,50)(H,45,51)(H,62,63)(H,64,65)(H,66,67)/t10-,11-,12-,13-,14-,15-,16+,17+,18+,19-,20-,21-,22-,23-,24-,25-,26-,27-,28+,29+,30+,31+,32+,33+,37?,38+,39+,40+,41-,42-/m1/s1. The second-order valence-corrected chi connectivity index (χ2v) is 19.1. The summed E-state index contributed by atoms with van der Waals surface area (Å²) in [5.74, 6) is -8.60. The predicted molar refractivity (Wildman–Crippen MR) is 236 cm³/mol. The van der Waals surface area contributed by atoms with Crippen LogP contribution in [0.15, 0.2) is 0 Å². The minimum atomic E-state index is -2.53. The molecule has 0 bridgehead atoms. The van der Waals surface area contributed by atoms with Gasteiger partial charge in [0.1, 0.15) is 128 Å². The molecular formula is C42H65N3O34. The molecule has 0 aromatic rings. The minimum absolute atomic E-state index is 0.824. The molecule has 6 fully saturated rings. The van der Waals surface area contributed by atoms with E-state index < -0.39 is 239 Å². The van der Waals surface area contributed by atoms with Gasteiger partial charge in [-0.1, -0.05) is 0 Å². The summed E-state index contributed by atoms with van der Waals surface area (Å²) in [6.07, 6.45) is -59.2. The number of aliphatic hydroxyl groups is 14. The Morgan fingerprint density at radius 2 is 0.633 bits per heavy atom. The molecule has 37 nitrogen and oxygen atoms in total. The molecule has 0 aliphatic carbocycles. The third-order valence-corrected chi connectivity index (χ3v) is 13.5. The summed E-state index contributed by atoms with van der Waals surface area (Å²) < 4.78 is 61.2. The molecule has 20 N–H and O–H groups in total. The van der Waals surface area contributed by atoms with Crippen molar-refractivity contribution in [2.24, 2.45) is 0 Å². The third-order valence-electron chi connectivity index (χ3n) is 13.5. The van der Waals surface area contributed by atoms with E-state index in [1.165, 1.54) is 0 Å². The van der Waals surface area contributed by atoms with Gasteiger partial charge in [-0.25, -0.2) is 14.4 Å². The van der Waals surface area contributed by atoms with Crippen molar-refractivity contribution in [3.8, 4) is 0 Å². The average Bonchev–Trinajstić information content (AvgIpc) is 3.54. The van der Waals surface area contributed by atoms with Crippen molar-refractivity contribution in [1.82, 2.24) is 16.0 Å². The highest BCUT2D eigenvalue weighted by Gasteiger charge is 2.60. The monoisotopic (exact) mass is 1160 g/mol. The molecule has 6 rings (SSSR count). The van der Waals surface area contributed by atoms with Gasteiger partial charge in [-0.15, -0.1) is 0 Å². The van der Waals surface area contributed by atoms with Crippen molar-refractivity contribution in [1.29, 1.82) is 0 Å². The molecule has 0 radical (unpaired) electrons. The second kappa shape index (κ2) is 26.8. The molecule has 452 valence electrons. The first kappa shape index (κ1) is 64.0. The summed E-state index contributed by atoms with van der Waals surface area (Å²) in [6.45, 7) is -0.435. The molecule has 6 saturated heterocycles. The van der Waals surface area contributed by atoms with E-state index in [1.807, 2.05) is 0 Å². The lowest BCUT2D eigenvalue weighted by Gasteiger charge is -2.50. The van der Waals surface area contributed by atoms with Crippen LogP contribution in [0.4, 0.5) is 0 Å². The molecule has 1 unspecified atom stereocenters. The smallest absolute Gasteiger partial charge is 0.335 e. The summed E-state index contributed by atoms with van der Waals surface area (Å²) in [5.41, 5.74) is 0.